The van der Waals surface area contributed by atoms with Crippen molar-refractivity contribution in [3.8, 4) is 5.75 Å². The smallest absolute Gasteiger partial charge is 0.337 e. The molecule has 102 valence electrons. The van der Waals surface area contributed by atoms with E-state index in [4.69, 9.17) is 9.84 Å². The van der Waals surface area contributed by atoms with Crippen molar-refractivity contribution in [1.29, 1.82) is 0 Å². The minimum absolute atomic E-state index is 0.157. The molecule has 0 aliphatic rings. The Bertz CT molecular complexity index is 651. The topological polar surface area (TPSA) is 58.9 Å². The molecule has 0 heterocycles. The molecule has 0 bridgehead atoms. The quantitative estimate of drug-likeness (QED) is 0.863. The summed E-state index contributed by atoms with van der Waals surface area (Å²) in [6.45, 7) is 0. The van der Waals surface area contributed by atoms with Crippen molar-refractivity contribution in [1.82, 2.24) is 0 Å². The van der Waals surface area contributed by atoms with Gasteiger partial charge >= 0.3 is 5.97 Å². The summed E-state index contributed by atoms with van der Waals surface area (Å²) in [5.41, 5.74) is 1.44. The van der Waals surface area contributed by atoms with Crippen molar-refractivity contribution in [2.24, 2.45) is 4.99 Å². The molecule has 0 atom stereocenters. The number of carbonyl (C=O) groups is 1. The van der Waals surface area contributed by atoms with E-state index in [1.54, 1.807) is 25.5 Å². The molecule has 0 aliphatic carbocycles. The summed E-state index contributed by atoms with van der Waals surface area (Å²) in [5.74, 6) is -0.245. The van der Waals surface area contributed by atoms with Crippen LogP contribution in [0.3, 0.4) is 0 Å². The number of rotatable bonds is 4. The second-order valence-corrected chi connectivity index (χ2v) is 4.91. The summed E-state index contributed by atoms with van der Waals surface area (Å²) < 4.78 is 5.78. The molecule has 0 saturated heterocycles. The fourth-order valence-electron chi connectivity index (χ4n) is 1.63. The molecule has 0 unspecified atom stereocenters. The van der Waals surface area contributed by atoms with Crippen LogP contribution in [0.2, 0.25) is 0 Å². The average Bonchev–Trinajstić information content (AvgIpc) is 2.46. The largest absolute Gasteiger partial charge is 0.497 e. The number of benzene rings is 2. The highest BCUT2D eigenvalue weighted by Crippen LogP contribution is 2.23. The maximum atomic E-state index is 11.2. The number of hydrogen-bond acceptors (Lipinski definition) is 3. The van der Waals surface area contributed by atoms with Crippen LogP contribution in [-0.2, 0) is 0 Å². The van der Waals surface area contributed by atoms with Gasteiger partial charge in [-0.3, -0.25) is 4.99 Å². The van der Waals surface area contributed by atoms with Crippen molar-refractivity contribution < 1.29 is 14.6 Å². The van der Waals surface area contributed by atoms with E-state index in [1.807, 2.05) is 24.3 Å². The number of nitrogens with zero attached hydrogens (tertiary/aromatic N) is 1. The number of aliphatic imine (C=N–C) groups is 1. The zero-order chi connectivity index (χ0) is 14.5. The first kappa shape index (κ1) is 14.3. The van der Waals surface area contributed by atoms with E-state index in [2.05, 4.69) is 20.9 Å². The Morgan fingerprint density at radius 2 is 1.95 bits per heavy atom. The molecule has 0 saturated carbocycles. The van der Waals surface area contributed by atoms with E-state index < -0.39 is 5.97 Å². The lowest BCUT2D eigenvalue weighted by Gasteiger charge is -2.02. The highest BCUT2D eigenvalue weighted by molar-refractivity contribution is 9.10. The van der Waals surface area contributed by atoms with E-state index in [9.17, 15) is 4.79 Å². The van der Waals surface area contributed by atoms with Gasteiger partial charge in [0.2, 0.25) is 0 Å². The third kappa shape index (κ3) is 3.45. The molecule has 4 nitrogen and oxygen atoms in total. The van der Waals surface area contributed by atoms with Crippen molar-refractivity contribution >= 4 is 33.8 Å². The van der Waals surface area contributed by atoms with Gasteiger partial charge in [-0.15, -0.1) is 0 Å². The predicted octanol–water partition coefficient (Wildman–Crippen LogP) is 3.91. The van der Waals surface area contributed by atoms with Gasteiger partial charge in [-0.1, -0.05) is 15.9 Å². The van der Waals surface area contributed by atoms with Crippen LogP contribution < -0.4 is 4.74 Å². The maximum Gasteiger partial charge on any atom is 0.337 e. The summed E-state index contributed by atoms with van der Waals surface area (Å²) in [6, 6.07) is 12.3. The Kier molecular flexibility index (Phi) is 4.53. The van der Waals surface area contributed by atoms with E-state index in [1.165, 1.54) is 6.07 Å². The van der Waals surface area contributed by atoms with Gasteiger partial charge in [-0.05, 0) is 48.0 Å². The molecular formula is C15H12BrNO3. The number of hydrogen-bond donors (Lipinski definition) is 1. The van der Waals surface area contributed by atoms with Gasteiger partial charge in [0.25, 0.3) is 0 Å². The van der Waals surface area contributed by atoms with Crippen molar-refractivity contribution in [2.75, 3.05) is 7.11 Å². The summed E-state index contributed by atoms with van der Waals surface area (Å²) in [7, 11) is 1.60. The predicted molar refractivity (Wildman–Crippen MR) is 81.3 cm³/mol. The third-order valence-corrected chi connectivity index (χ3v) is 3.15. The number of carboxylic acid groups (broad SMARTS) is 1. The highest BCUT2D eigenvalue weighted by atomic mass is 79.9. The Morgan fingerprint density at radius 3 is 2.55 bits per heavy atom. The van der Waals surface area contributed by atoms with Crippen LogP contribution in [0, 0.1) is 0 Å². The second-order valence-electron chi connectivity index (χ2n) is 4.00. The number of methoxy groups -OCH3 is 1. The minimum atomic E-state index is -1.01. The van der Waals surface area contributed by atoms with E-state index >= 15 is 0 Å². The number of carboxylic acids is 1. The van der Waals surface area contributed by atoms with Crippen LogP contribution in [0.15, 0.2) is 51.9 Å². The fourth-order valence-corrected chi connectivity index (χ4v) is 1.99. The van der Waals surface area contributed by atoms with Crippen LogP contribution in [0.5, 0.6) is 5.75 Å². The molecule has 0 aliphatic heterocycles. The lowest BCUT2D eigenvalue weighted by Crippen LogP contribution is -1.96. The highest BCUT2D eigenvalue weighted by Gasteiger charge is 2.09. The van der Waals surface area contributed by atoms with Crippen molar-refractivity contribution in [3.63, 3.8) is 0 Å². The third-order valence-electron chi connectivity index (χ3n) is 2.66. The van der Waals surface area contributed by atoms with Gasteiger partial charge < -0.3 is 9.84 Å². The van der Waals surface area contributed by atoms with Crippen molar-refractivity contribution in [3.05, 3.63) is 58.1 Å². The van der Waals surface area contributed by atoms with E-state index in [0.29, 0.717) is 10.2 Å². The monoisotopic (exact) mass is 333 g/mol. The molecule has 0 fully saturated rings. The summed E-state index contributed by atoms with van der Waals surface area (Å²) >= 11 is 3.25. The van der Waals surface area contributed by atoms with Crippen LogP contribution in [0.25, 0.3) is 0 Å². The number of ether oxygens (including phenoxy) is 1. The van der Waals surface area contributed by atoms with Gasteiger partial charge in [-0.25, -0.2) is 4.79 Å². The molecule has 0 amide bonds. The SMILES string of the molecule is COc1ccc(C=Nc2ccc(Br)cc2C(=O)O)cc1. The number of halogens is 1. The van der Waals surface area contributed by atoms with Gasteiger partial charge in [0, 0.05) is 10.7 Å². The van der Waals surface area contributed by atoms with E-state index in [-0.39, 0.29) is 5.56 Å². The molecule has 0 radical (unpaired) electrons. The van der Waals surface area contributed by atoms with Crippen LogP contribution >= 0.6 is 15.9 Å². The first-order valence-electron chi connectivity index (χ1n) is 5.81. The fraction of sp³-hybridized carbons (Fsp3) is 0.0667. The molecule has 2 rings (SSSR count). The first-order valence-corrected chi connectivity index (χ1v) is 6.60. The zero-order valence-corrected chi connectivity index (χ0v) is 12.3. The van der Waals surface area contributed by atoms with Gasteiger partial charge in [0.1, 0.15) is 5.75 Å². The lowest BCUT2D eigenvalue weighted by molar-refractivity contribution is 0.0698. The Hall–Kier alpha value is -2.14. The normalized spacial score (nSPS) is 10.7. The van der Waals surface area contributed by atoms with Gasteiger partial charge in [-0.2, -0.15) is 0 Å². The summed E-state index contributed by atoms with van der Waals surface area (Å²) in [4.78, 5) is 15.4. The van der Waals surface area contributed by atoms with Crippen LogP contribution in [0.4, 0.5) is 5.69 Å². The summed E-state index contributed by atoms with van der Waals surface area (Å²) in [5, 5.41) is 9.14. The second kappa shape index (κ2) is 6.34. The molecule has 0 aromatic heterocycles. The molecule has 0 spiro atoms. The van der Waals surface area contributed by atoms with Gasteiger partial charge in [0.15, 0.2) is 0 Å². The Labute approximate surface area is 124 Å². The standard InChI is InChI=1S/C15H12BrNO3/c1-20-12-5-2-10(3-6-12)9-17-14-7-4-11(16)8-13(14)15(18)19/h2-9H,1H3,(H,18,19). The molecule has 1 N–H and O–H groups in total. The number of aromatic carboxylic acids is 1. The van der Waals surface area contributed by atoms with Crippen LogP contribution in [-0.4, -0.2) is 24.4 Å². The Balaban J connectivity index is 2.28. The minimum Gasteiger partial charge on any atom is -0.497 e. The molecular weight excluding hydrogens is 322 g/mol. The molecule has 2 aromatic carbocycles. The lowest BCUT2D eigenvalue weighted by atomic mass is 10.2. The van der Waals surface area contributed by atoms with Gasteiger partial charge in [0.05, 0.1) is 18.4 Å². The molecule has 2 aromatic rings. The average molecular weight is 334 g/mol. The Morgan fingerprint density at radius 1 is 1.25 bits per heavy atom. The van der Waals surface area contributed by atoms with Crippen molar-refractivity contribution in [2.45, 2.75) is 0 Å². The van der Waals surface area contributed by atoms with E-state index in [0.717, 1.165) is 11.3 Å². The summed E-state index contributed by atoms with van der Waals surface area (Å²) in [6.07, 6.45) is 1.62. The molecule has 20 heavy (non-hydrogen) atoms. The first-order chi connectivity index (χ1) is 9.60. The zero-order valence-electron chi connectivity index (χ0n) is 10.7. The maximum absolute atomic E-state index is 11.2. The van der Waals surface area contributed by atoms with Crippen LogP contribution in [0.1, 0.15) is 15.9 Å². The molecule has 5 heteroatoms.